The zero-order valence-electron chi connectivity index (χ0n) is 17.3. The summed E-state index contributed by atoms with van der Waals surface area (Å²) in [6.45, 7) is 0.686. The first kappa shape index (κ1) is 21.5. The fourth-order valence-electron chi connectivity index (χ4n) is 3.29. The van der Waals surface area contributed by atoms with Gasteiger partial charge in [-0.25, -0.2) is 13.2 Å². The Morgan fingerprint density at radius 3 is 2.47 bits per heavy atom. The number of hydrogen-bond acceptors (Lipinski definition) is 6. The van der Waals surface area contributed by atoms with Gasteiger partial charge in [-0.05, 0) is 48.0 Å². The van der Waals surface area contributed by atoms with Crippen LogP contribution in [0.3, 0.4) is 0 Å². The molecule has 1 aliphatic rings. The summed E-state index contributed by atoms with van der Waals surface area (Å²) in [5.74, 6) is 6.11. The average Bonchev–Trinajstić information content (AvgIpc) is 2.82. The number of methoxy groups -OCH3 is 1. The molecular formula is C25H20O6S. The maximum absolute atomic E-state index is 13.2. The van der Waals surface area contributed by atoms with Crippen LogP contribution in [0, 0.1) is 11.8 Å². The van der Waals surface area contributed by atoms with Crippen molar-refractivity contribution in [3.63, 3.8) is 0 Å². The lowest BCUT2D eigenvalue weighted by atomic mass is 10.1. The van der Waals surface area contributed by atoms with Crippen LogP contribution >= 0.6 is 0 Å². The van der Waals surface area contributed by atoms with Crippen molar-refractivity contribution in [3.8, 4) is 23.3 Å². The van der Waals surface area contributed by atoms with E-state index in [2.05, 4.69) is 11.8 Å². The zero-order valence-corrected chi connectivity index (χ0v) is 18.1. The molecule has 0 saturated carbocycles. The van der Waals surface area contributed by atoms with Crippen LogP contribution in [0.4, 0.5) is 0 Å². The Morgan fingerprint density at radius 2 is 1.69 bits per heavy atom. The van der Waals surface area contributed by atoms with Gasteiger partial charge in [0.05, 0.1) is 18.4 Å². The molecule has 3 aromatic carbocycles. The molecule has 0 amide bonds. The van der Waals surface area contributed by atoms with Crippen molar-refractivity contribution in [2.75, 3.05) is 20.3 Å². The highest BCUT2D eigenvalue weighted by molar-refractivity contribution is 7.90. The molecule has 0 spiro atoms. The Labute approximate surface area is 186 Å². The van der Waals surface area contributed by atoms with Crippen molar-refractivity contribution in [2.24, 2.45) is 0 Å². The van der Waals surface area contributed by atoms with E-state index in [1.54, 1.807) is 54.6 Å². The van der Waals surface area contributed by atoms with Gasteiger partial charge in [-0.1, -0.05) is 36.1 Å². The number of fused-ring (bicyclic) bond motifs is 1. The highest BCUT2D eigenvalue weighted by Gasteiger charge is 2.26. The minimum Gasteiger partial charge on any atom is -0.486 e. The molecule has 7 heteroatoms. The van der Waals surface area contributed by atoms with Crippen molar-refractivity contribution in [1.29, 1.82) is 0 Å². The molecule has 1 aliphatic heterocycles. The topological polar surface area (TPSA) is 78.9 Å². The second-order valence-electron chi connectivity index (χ2n) is 7.02. The summed E-state index contributed by atoms with van der Waals surface area (Å²) < 4.78 is 42.2. The third kappa shape index (κ3) is 4.61. The average molecular weight is 448 g/mol. The van der Waals surface area contributed by atoms with Gasteiger partial charge in [-0.15, -0.1) is 0 Å². The molecule has 3 aromatic rings. The minimum absolute atomic E-state index is 0.107. The molecule has 4 rings (SSSR count). The number of carbonyl (C=O) groups excluding carboxylic acids is 1. The highest BCUT2D eigenvalue weighted by Crippen LogP contribution is 2.37. The predicted octanol–water partition coefficient (Wildman–Crippen LogP) is 3.62. The standard InChI is InChI=1S/C25H20O6S/c1-29-25(26)20-13-10-18(11-14-20)9-12-19-5-2-3-6-21(19)17-32(27,28)23-8-4-7-22-24(23)31-16-15-30-22/h2-8,10-11,13-14H,15-17H2,1H3. The van der Waals surface area contributed by atoms with E-state index in [1.807, 2.05) is 6.07 Å². The number of benzene rings is 3. The Balaban J connectivity index is 1.61. The van der Waals surface area contributed by atoms with Crippen molar-refractivity contribution in [3.05, 3.63) is 89.0 Å². The van der Waals surface area contributed by atoms with Crippen LogP contribution in [0.1, 0.15) is 27.0 Å². The molecule has 0 N–H and O–H groups in total. The molecular weight excluding hydrogens is 428 g/mol. The van der Waals surface area contributed by atoms with E-state index in [-0.39, 0.29) is 16.4 Å². The summed E-state index contributed by atoms with van der Waals surface area (Å²) in [4.78, 5) is 11.7. The van der Waals surface area contributed by atoms with Crippen LogP contribution in [0.15, 0.2) is 71.6 Å². The molecule has 0 aliphatic carbocycles. The Hall–Kier alpha value is -3.76. The molecule has 0 bridgehead atoms. The predicted molar refractivity (Wildman–Crippen MR) is 119 cm³/mol. The summed E-state index contributed by atoms with van der Waals surface area (Å²) in [5, 5.41) is 0. The molecule has 0 atom stereocenters. The normalized spacial score (nSPS) is 12.4. The maximum Gasteiger partial charge on any atom is 0.337 e. The van der Waals surface area contributed by atoms with E-state index in [0.29, 0.717) is 41.2 Å². The van der Waals surface area contributed by atoms with E-state index < -0.39 is 15.8 Å². The van der Waals surface area contributed by atoms with Crippen molar-refractivity contribution in [2.45, 2.75) is 10.6 Å². The van der Waals surface area contributed by atoms with Gasteiger partial charge in [0.1, 0.15) is 18.1 Å². The molecule has 32 heavy (non-hydrogen) atoms. The van der Waals surface area contributed by atoms with Gasteiger partial charge in [0.15, 0.2) is 21.3 Å². The van der Waals surface area contributed by atoms with E-state index in [1.165, 1.54) is 13.2 Å². The van der Waals surface area contributed by atoms with E-state index >= 15 is 0 Å². The highest BCUT2D eigenvalue weighted by atomic mass is 32.2. The fourth-order valence-corrected chi connectivity index (χ4v) is 4.83. The van der Waals surface area contributed by atoms with Crippen LogP contribution in [-0.2, 0) is 20.3 Å². The Morgan fingerprint density at radius 1 is 0.938 bits per heavy atom. The molecule has 6 nitrogen and oxygen atoms in total. The monoisotopic (exact) mass is 448 g/mol. The molecule has 0 fully saturated rings. The third-order valence-electron chi connectivity index (χ3n) is 4.88. The van der Waals surface area contributed by atoms with Crippen molar-refractivity contribution >= 4 is 15.8 Å². The smallest absolute Gasteiger partial charge is 0.337 e. The van der Waals surface area contributed by atoms with Crippen LogP contribution < -0.4 is 9.47 Å². The van der Waals surface area contributed by atoms with E-state index in [9.17, 15) is 13.2 Å². The molecule has 0 aromatic heterocycles. The lowest BCUT2D eigenvalue weighted by molar-refractivity contribution is 0.0600. The summed E-state index contributed by atoms with van der Waals surface area (Å²) >= 11 is 0. The molecule has 0 radical (unpaired) electrons. The second kappa shape index (κ2) is 9.16. The van der Waals surface area contributed by atoms with Gasteiger partial charge in [0.25, 0.3) is 0 Å². The van der Waals surface area contributed by atoms with E-state index in [0.717, 1.165) is 0 Å². The van der Waals surface area contributed by atoms with Crippen LogP contribution in [0.5, 0.6) is 11.5 Å². The number of sulfone groups is 1. The van der Waals surface area contributed by atoms with Crippen molar-refractivity contribution in [1.82, 2.24) is 0 Å². The largest absolute Gasteiger partial charge is 0.486 e. The summed E-state index contributed by atoms with van der Waals surface area (Å²) in [7, 11) is -2.38. The van der Waals surface area contributed by atoms with Crippen LogP contribution in [0.25, 0.3) is 0 Å². The summed E-state index contributed by atoms with van der Waals surface area (Å²) in [6.07, 6.45) is 0. The zero-order chi connectivity index (χ0) is 22.6. The van der Waals surface area contributed by atoms with Crippen LogP contribution in [0.2, 0.25) is 0 Å². The molecule has 1 heterocycles. The van der Waals surface area contributed by atoms with Gasteiger partial charge in [-0.2, -0.15) is 0 Å². The first-order valence-electron chi connectivity index (χ1n) is 9.87. The minimum atomic E-state index is -3.70. The maximum atomic E-state index is 13.2. The molecule has 162 valence electrons. The van der Waals surface area contributed by atoms with Gasteiger partial charge in [0, 0.05) is 11.1 Å². The number of para-hydroxylation sites is 1. The number of esters is 1. The quantitative estimate of drug-likeness (QED) is 0.448. The summed E-state index contributed by atoms with van der Waals surface area (Å²) in [6, 6.07) is 18.7. The number of rotatable bonds is 4. The lowest BCUT2D eigenvalue weighted by Gasteiger charge is -2.20. The number of carbonyl (C=O) groups is 1. The fraction of sp³-hybridized carbons (Fsp3) is 0.160. The number of hydrogen-bond donors (Lipinski definition) is 0. The van der Waals surface area contributed by atoms with Gasteiger partial charge in [-0.3, -0.25) is 0 Å². The third-order valence-corrected chi connectivity index (χ3v) is 6.56. The van der Waals surface area contributed by atoms with Crippen LogP contribution in [-0.4, -0.2) is 34.7 Å². The van der Waals surface area contributed by atoms with Gasteiger partial charge < -0.3 is 14.2 Å². The first-order valence-corrected chi connectivity index (χ1v) is 11.5. The molecule has 0 unspecified atom stereocenters. The lowest BCUT2D eigenvalue weighted by Crippen LogP contribution is -2.18. The first-order chi connectivity index (χ1) is 15.5. The van der Waals surface area contributed by atoms with Gasteiger partial charge in [0.2, 0.25) is 0 Å². The van der Waals surface area contributed by atoms with Crippen molar-refractivity contribution < 1.29 is 27.4 Å². The number of ether oxygens (including phenoxy) is 3. The molecule has 0 saturated heterocycles. The SMILES string of the molecule is COC(=O)c1ccc(C#Cc2ccccc2CS(=O)(=O)c2cccc3c2OCCO3)cc1. The Bertz CT molecular complexity index is 1310. The van der Waals surface area contributed by atoms with Gasteiger partial charge >= 0.3 is 5.97 Å². The summed E-state index contributed by atoms with van der Waals surface area (Å²) in [5.41, 5.74) is 2.32. The Kier molecular flexibility index (Phi) is 6.15. The second-order valence-corrected chi connectivity index (χ2v) is 8.97. The van der Waals surface area contributed by atoms with E-state index in [4.69, 9.17) is 14.2 Å².